The summed E-state index contributed by atoms with van der Waals surface area (Å²) in [4.78, 5) is 15.3. The van der Waals surface area contributed by atoms with Crippen molar-refractivity contribution in [3.63, 3.8) is 0 Å². The first-order valence-electron chi connectivity index (χ1n) is 11.0. The van der Waals surface area contributed by atoms with Crippen LogP contribution in [0.2, 0.25) is 0 Å². The Hall–Kier alpha value is -2.22. The fourth-order valence-electron chi connectivity index (χ4n) is 3.90. The Balaban J connectivity index is 1.53. The fourth-order valence-corrected chi connectivity index (χ4v) is 5.39. The van der Waals surface area contributed by atoms with E-state index in [0.29, 0.717) is 13.0 Å². The monoisotopic (exact) mass is 443 g/mol. The van der Waals surface area contributed by atoms with E-state index >= 15 is 0 Å². The highest BCUT2D eigenvalue weighted by molar-refractivity contribution is 7.89. The van der Waals surface area contributed by atoms with Gasteiger partial charge in [-0.15, -0.1) is 0 Å². The van der Waals surface area contributed by atoms with E-state index in [2.05, 4.69) is 34.5 Å². The van der Waals surface area contributed by atoms with Gasteiger partial charge >= 0.3 is 0 Å². The summed E-state index contributed by atoms with van der Waals surface area (Å²) in [5.41, 5.74) is 2.29. The molecule has 2 aromatic rings. The molecule has 1 aliphatic heterocycles. The SMILES string of the molecule is CCCN(CC(=O)NC1CCN(Cc2ccccc2)CC1)S(=O)(=O)c1ccc(C)cc1. The molecule has 0 aromatic heterocycles. The number of carbonyl (C=O) groups is 1. The van der Waals surface area contributed by atoms with Gasteiger partial charge < -0.3 is 5.32 Å². The summed E-state index contributed by atoms with van der Waals surface area (Å²) in [6.45, 7) is 6.76. The molecule has 0 spiro atoms. The molecular weight excluding hydrogens is 410 g/mol. The van der Waals surface area contributed by atoms with Gasteiger partial charge in [-0.25, -0.2) is 8.42 Å². The molecule has 0 bridgehead atoms. The van der Waals surface area contributed by atoms with Crippen molar-refractivity contribution in [2.45, 2.75) is 50.6 Å². The Kier molecular flexibility index (Phi) is 8.23. The Bertz CT molecular complexity index is 938. The molecule has 168 valence electrons. The maximum atomic E-state index is 13.0. The van der Waals surface area contributed by atoms with Gasteiger partial charge in [-0.1, -0.05) is 55.0 Å². The first kappa shape index (κ1) is 23.4. The molecule has 0 atom stereocenters. The number of carbonyl (C=O) groups excluding carboxylic acids is 1. The second kappa shape index (κ2) is 10.9. The molecule has 3 rings (SSSR count). The summed E-state index contributed by atoms with van der Waals surface area (Å²) in [6, 6.07) is 17.2. The van der Waals surface area contributed by atoms with Crippen LogP contribution in [0, 0.1) is 6.92 Å². The Morgan fingerprint density at radius 3 is 2.32 bits per heavy atom. The zero-order valence-electron chi connectivity index (χ0n) is 18.5. The standard InChI is InChI=1S/C24H33N3O3S/c1-3-15-27(31(29,30)23-11-9-20(2)10-12-23)19-24(28)25-22-13-16-26(17-14-22)18-21-7-5-4-6-8-21/h4-12,22H,3,13-19H2,1-2H3,(H,25,28). The van der Waals surface area contributed by atoms with Gasteiger partial charge in [0.2, 0.25) is 15.9 Å². The number of benzene rings is 2. The fraction of sp³-hybridized carbons (Fsp3) is 0.458. The lowest BCUT2D eigenvalue weighted by atomic mass is 10.0. The third-order valence-electron chi connectivity index (χ3n) is 5.65. The third-order valence-corrected chi connectivity index (χ3v) is 7.51. The van der Waals surface area contributed by atoms with Crippen LogP contribution in [0.4, 0.5) is 0 Å². The van der Waals surface area contributed by atoms with Crippen LogP contribution in [0.25, 0.3) is 0 Å². The Morgan fingerprint density at radius 1 is 1.06 bits per heavy atom. The predicted molar refractivity (Wildman–Crippen MR) is 123 cm³/mol. The van der Waals surface area contributed by atoms with Crippen LogP contribution in [-0.2, 0) is 21.4 Å². The first-order chi connectivity index (χ1) is 14.9. The van der Waals surface area contributed by atoms with Crippen LogP contribution in [0.5, 0.6) is 0 Å². The van der Waals surface area contributed by atoms with Crippen molar-refractivity contribution in [3.8, 4) is 0 Å². The topological polar surface area (TPSA) is 69.7 Å². The summed E-state index contributed by atoms with van der Waals surface area (Å²) >= 11 is 0. The second-order valence-corrected chi connectivity index (χ2v) is 10.2. The molecule has 0 unspecified atom stereocenters. The van der Waals surface area contributed by atoms with Gasteiger partial charge in [-0.05, 0) is 43.9 Å². The van der Waals surface area contributed by atoms with Crippen LogP contribution in [-0.4, -0.2) is 55.8 Å². The molecular formula is C24H33N3O3S. The highest BCUT2D eigenvalue weighted by atomic mass is 32.2. The van der Waals surface area contributed by atoms with Crippen LogP contribution in [0.1, 0.15) is 37.3 Å². The Labute approximate surface area is 186 Å². The number of sulfonamides is 1. The predicted octanol–water partition coefficient (Wildman–Crippen LogP) is 3.18. The number of hydrogen-bond acceptors (Lipinski definition) is 4. The smallest absolute Gasteiger partial charge is 0.243 e. The van der Waals surface area contributed by atoms with Gasteiger partial charge in [0.15, 0.2) is 0 Å². The second-order valence-electron chi connectivity index (χ2n) is 8.26. The molecule has 1 N–H and O–H groups in total. The van der Waals surface area contributed by atoms with Gasteiger partial charge in [0.05, 0.1) is 11.4 Å². The first-order valence-corrected chi connectivity index (χ1v) is 12.4. The molecule has 0 saturated carbocycles. The average molecular weight is 444 g/mol. The van der Waals surface area contributed by atoms with E-state index in [0.717, 1.165) is 38.0 Å². The van der Waals surface area contributed by atoms with Crippen LogP contribution in [0.15, 0.2) is 59.5 Å². The largest absolute Gasteiger partial charge is 0.352 e. The van der Waals surface area contributed by atoms with Gasteiger partial charge in [0.1, 0.15) is 0 Å². The van der Waals surface area contributed by atoms with E-state index in [4.69, 9.17) is 0 Å². The van der Waals surface area contributed by atoms with E-state index in [1.165, 1.54) is 9.87 Å². The minimum absolute atomic E-state index is 0.0880. The molecule has 1 aliphatic rings. The van der Waals surface area contributed by atoms with Gasteiger partial charge in [-0.2, -0.15) is 4.31 Å². The number of aryl methyl sites for hydroxylation is 1. The van der Waals surface area contributed by atoms with E-state index in [1.54, 1.807) is 24.3 Å². The molecule has 1 amide bonds. The maximum Gasteiger partial charge on any atom is 0.243 e. The lowest BCUT2D eigenvalue weighted by molar-refractivity contribution is -0.122. The van der Waals surface area contributed by atoms with Gasteiger partial charge in [0.25, 0.3) is 0 Å². The van der Waals surface area contributed by atoms with E-state index in [1.807, 2.05) is 19.9 Å². The normalized spacial score (nSPS) is 15.8. The number of amides is 1. The van der Waals surface area contributed by atoms with Crippen molar-refractivity contribution in [3.05, 3.63) is 65.7 Å². The summed E-state index contributed by atoms with van der Waals surface area (Å²) in [7, 11) is -3.69. The van der Waals surface area contributed by atoms with E-state index < -0.39 is 10.0 Å². The van der Waals surface area contributed by atoms with Crippen molar-refractivity contribution < 1.29 is 13.2 Å². The highest BCUT2D eigenvalue weighted by Gasteiger charge is 2.27. The van der Waals surface area contributed by atoms with Crippen LogP contribution >= 0.6 is 0 Å². The molecule has 1 heterocycles. The summed E-state index contributed by atoms with van der Waals surface area (Å²) < 4.78 is 27.3. The number of nitrogens with zero attached hydrogens (tertiary/aromatic N) is 2. The molecule has 0 radical (unpaired) electrons. The summed E-state index contributed by atoms with van der Waals surface area (Å²) in [5.74, 6) is -0.231. The van der Waals surface area contributed by atoms with E-state index in [9.17, 15) is 13.2 Å². The van der Waals surface area contributed by atoms with Crippen molar-refractivity contribution in [2.75, 3.05) is 26.2 Å². The molecule has 6 nitrogen and oxygen atoms in total. The number of rotatable bonds is 9. The Morgan fingerprint density at radius 2 is 1.71 bits per heavy atom. The number of hydrogen-bond donors (Lipinski definition) is 1. The number of likely N-dealkylation sites (tertiary alicyclic amines) is 1. The minimum Gasteiger partial charge on any atom is -0.352 e. The van der Waals surface area contributed by atoms with Crippen molar-refractivity contribution >= 4 is 15.9 Å². The van der Waals surface area contributed by atoms with Crippen molar-refractivity contribution in [2.24, 2.45) is 0 Å². The maximum absolute atomic E-state index is 13.0. The lowest BCUT2D eigenvalue weighted by Gasteiger charge is -2.32. The number of nitrogens with one attached hydrogen (secondary N) is 1. The third kappa shape index (κ3) is 6.63. The van der Waals surface area contributed by atoms with Crippen LogP contribution in [0.3, 0.4) is 0 Å². The molecule has 1 fully saturated rings. The molecule has 31 heavy (non-hydrogen) atoms. The summed E-state index contributed by atoms with van der Waals surface area (Å²) in [6.07, 6.45) is 2.39. The minimum atomic E-state index is -3.69. The lowest BCUT2D eigenvalue weighted by Crippen LogP contribution is -2.48. The van der Waals surface area contributed by atoms with Gasteiger partial charge in [0, 0.05) is 32.2 Å². The molecule has 1 saturated heterocycles. The van der Waals surface area contributed by atoms with E-state index in [-0.39, 0.29) is 23.4 Å². The molecule has 2 aromatic carbocycles. The molecule has 0 aliphatic carbocycles. The van der Waals surface area contributed by atoms with Crippen molar-refractivity contribution in [1.29, 1.82) is 0 Å². The highest BCUT2D eigenvalue weighted by Crippen LogP contribution is 2.17. The van der Waals surface area contributed by atoms with Crippen molar-refractivity contribution in [1.82, 2.24) is 14.5 Å². The zero-order valence-corrected chi connectivity index (χ0v) is 19.3. The summed E-state index contributed by atoms with van der Waals surface area (Å²) in [5, 5.41) is 3.05. The molecule has 7 heteroatoms. The van der Waals surface area contributed by atoms with Gasteiger partial charge in [-0.3, -0.25) is 9.69 Å². The quantitative estimate of drug-likeness (QED) is 0.646. The number of piperidine rings is 1. The zero-order chi connectivity index (χ0) is 22.3. The van der Waals surface area contributed by atoms with Crippen LogP contribution < -0.4 is 5.32 Å². The average Bonchev–Trinajstić information content (AvgIpc) is 2.76.